The first-order chi connectivity index (χ1) is 53.7. The van der Waals surface area contributed by atoms with Crippen LogP contribution in [0, 0.1) is 51.1 Å². The van der Waals surface area contributed by atoms with E-state index in [1.807, 2.05) is 26.0 Å². The van der Waals surface area contributed by atoms with Gasteiger partial charge in [-0.15, -0.1) is 35.3 Å². The molecule has 9 aliphatic heterocycles. The van der Waals surface area contributed by atoms with E-state index in [1.165, 1.54) is 72.5 Å². The van der Waals surface area contributed by atoms with Gasteiger partial charge in [0, 0.05) is 110 Å². The molecule has 18 rings (SSSR count). The van der Waals surface area contributed by atoms with Crippen LogP contribution in [0.15, 0.2) is 175 Å². The van der Waals surface area contributed by atoms with E-state index in [4.69, 9.17) is 5.48 Å². The van der Waals surface area contributed by atoms with E-state index in [9.17, 15) is 60.0 Å². The number of aromatic hydroxyl groups is 3. The highest BCUT2D eigenvalue weighted by Gasteiger charge is 2.53. The fourth-order valence-electron chi connectivity index (χ4n) is 16.2. The molecule has 12 heterocycles. The fourth-order valence-corrected chi connectivity index (χ4v) is 19.0. The molecule has 558 valence electrons. The Morgan fingerprint density at radius 3 is 1.14 bits per heavy atom. The summed E-state index contributed by atoms with van der Waals surface area (Å²) in [6.45, 7) is 13.4. The monoisotopic (exact) mass is 1530 g/mol. The number of halogens is 6. The van der Waals surface area contributed by atoms with Crippen LogP contribution in [0.2, 0.25) is 0 Å². The number of carbonyl (C=O) groups is 3. The number of fused-ring (bicyclic) bond motifs is 12. The van der Waals surface area contributed by atoms with E-state index in [0.29, 0.717) is 84.3 Å². The number of hydrogen-bond acceptors (Lipinski definition) is 15. The van der Waals surface area contributed by atoms with Crippen LogP contribution >= 0.6 is 35.3 Å². The molecule has 18 nitrogen and oxygen atoms in total. The average molecular weight is 1530 g/mol. The van der Waals surface area contributed by atoms with E-state index in [1.54, 1.807) is 80.5 Å². The lowest BCUT2D eigenvalue weighted by atomic mass is 9.79. The van der Waals surface area contributed by atoms with Gasteiger partial charge in [0.05, 0.1) is 20.8 Å². The Morgan fingerprint density at radius 2 is 0.722 bits per heavy atom. The summed E-state index contributed by atoms with van der Waals surface area (Å²) in [7, 11) is 0. The molecular weight excluding hydrogens is 1450 g/mol. The maximum absolute atomic E-state index is 15.5. The predicted octanol–water partition coefficient (Wildman–Crippen LogP) is 14.3. The standard InChI is InChI=1S/3C27H25F2N3O3S/c3*1-27(2)10-12-30-21(13-27)32(31-11-9-19(33)25(34)24(31)26(30)35)23-15-7-8-18(28)22(29)17(15)14-36-20-6-4-3-5-16(20)23/h3*3-9,11,21,23,34H,10,12-14H2,1-2H3/t21-,23+;2*21-,23-/m111/s1/i14D2;14D2,23D;23D. The number of hydrogen-bond donors (Lipinski definition) is 3. The van der Waals surface area contributed by atoms with Gasteiger partial charge in [0.25, 0.3) is 17.7 Å². The maximum Gasteiger partial charge on any atom is 0.278 e. The summed E-state index contributed by atoms with van der Waals surface area (Å²) in [5.74, 6) is -10.7. The summed E-state index contributed by atoms with van der Waals surface area (Å²) >= 11 is 2.79. The number of rotatable bonds is 3. The molecule has 9 aromatic rings. The minimum Gasteiger partial charge on any atom is -0.502 e. The average Bonchev–Trinajstić information content (AvgIpc) is 1.60. The molecule has 0 bridgehead atoms. The van der Waals surface area contributed by atoms with Crippen LogP contribution in [0.1, 0.15) is 188 Å². The Morgan fingerprint density at radius 1 is 0.398 bits per heavy atom. The number of carbonyl (C=O) groups excluding carboxylic acids is 3. The first kappa shape index (κ1) is 65.1. The molecule has 6 aromatic carbocycles. The van der Waals surface area contributed by atoms with Gasteiger partial charge in [0.1, 0.15) is 18.5 Å². The van der Waals surface area contributed by atoms with Gasteiger partial charge < -0.3 is 30.0 Å². The van der Waals surface area contributed by atoms with E-state index in [-0.39, 0.29) is 73.4 Å². The van der Waals surface area contributed by atoms with Gasteiger partial charge in [0.2, 0.25) is 16.3 Å². The second-order valence-electron chi connectivity index (χ2n) is 30.4. The van der Waals surface area contributed by atoms with Crippen LogP contribution in [-0.4, -0.2) is 99.9 Å². The lowest BCUT2D eigenvalue weighted by molar-refractivity contribution is 0.0236. The third-order valence-electron chi connectivity index (χ3n) is 21.8. The predicted molar refractivity (Wildman–Crippen MR) is 398 cm³/mol. The molecule has 0 radical (unpaired) electrons. The Hall–Kier alpha value is -9.99. The number of aromatic nitrogens is 3. The van der Waals surface area contributed by atoms with Crippen molar-refractivity contribution in [3.05, 3.63) is 279 Å². The van der Waals surface area contributed by atoms with Gasteiger partial charge in [-0.2, -0.15) is 0 Å². The molecule has 9 aliphatic rings. The van der Waals surface area contributed by atoms with E-state index < -0.39 is 145 Å². The van der Waals surface area contributed by atoms with Crippen LogP contribution in [0.3, 0.4) is 0 Å². The zero-order chi connectivity index (χ0) is 81.5. The summed E-state index contributed by atoms with van der Waals surface area (Å²) in [6, 6.07) is 26.3. The van der Waals surface area contributed by atoms with Crippen molar-refractivity contribution in [3.63, 3.8) is 0 Å². The number of piperidine rings is 3. The highest BCUT2D eigenvalue weighted by Crippen LogP contribution is 2.53. The molecular formula is C81H75F6N9O9S3. The summed E-state index contributed by atoms with van der Waals surface area (Å²) < 4.78 is 149. The van der Waals surface area contributed by atoms with E-state index in [0.717, 1.165) is 53.1 Å². The number of amides is 3. The molecule has 108 heavy (non-hydrogen) atoms. The molecule has 3 N–H and O–H groups in total. The van der Waals surface area contributed by atoms with Crippen LogP contribution < -0.4 is 31.3 Å². The van der Waals surface area contributed by atoms with E-state index >= 15 is 13.2 Å². The smallest absolute Gasteiger partial charge is 0.278 e. The number of thioether (sulfide) groups is 3. The van der Waals surface area contributed by atoms with Gasteiger partial charge in [-0.05, 0) is 125 Å². The number of pyridine rings is 3. The largest absolute Gasteiger partial charge is 0.502 e. The topological polar surface area (TPSA) is 197 Å². The molecule has 0 saturated carbocycles. The minimum atomic E-state index is -2.45. The third kappa shape index (κ3) is 12.0. The van der Waals surface area contributed by atoms with Gasteiger partial charge in [-0.3, -0.25) is 57.8 Å². The van der Waals surface area contributed by atoms with Crippen molar-refractivity contribution in [2.75, 3.05) is 34.7 Å². The van der Waals surface area contributed by atoms with Crippen molar-refractivity contribution >= 4 is 53.0 Å². The molecule has 0 spiro atoms. The van der Waals surface area contributed by atoms with Crippen LogP contribution in [0.5, 0.6) is 17.2 Å². The van der Waals surface area contributed by atoms with Crippen LogP contribution in [-0.2, 0) is 17.2 Å². The fraction of sp³-hybridized carbons (Fsp3) is 0.333. The van der Waals surface area contributed by atoms with Crippen molar-refractivity contribution in [1.82, 2.24) is 28.7 Å². The summed E-state index contributed by atoms with van der Waals surface area (Å²) in [4.78, 5) is 84.4. The molecule has 27 heteroatoms. The van der Waals surface area contributed by atoms with Crippen molar-refractivity contribution in [2.45, 2.75) is 148 Å². The zero-order valence-electron chi connectivity index (χ0n) is 65.0. The van der Waals surface area contributed by atoms with Gasteiger partial charge >= 0.3 is 0 Å². The zero-order valence-corrected chi connectivity index (χ0v) is 61.5. The first-order valence-corrected chi connectivity index (χ1v) is 37.7. The Balaban J connectivity index is 0.000000129. The lowest BCUT2D eigenvalue weighted by Crippen LogP contribution is -2.65. The molecule has 3 fully saturated rings. The molecule has 3 saturated heterocycles. The van der Waals surface area contributed by atoms with Crippen molar-refractivity contribution < 1.29 is 64.3 Å². The summed E-state index contributed by atoms with van der Waals surface area (Å²) in [6.07, 6.45) is 5.44. The second-order valence-corrected chi connectivity index (χ2v) is 33.1. The molecule has 0 unspecified atom stereocenters. The maximum atomic E-state index is 15.5. The quantitative estimate of drug-likeness (QED) is 0.141. The molecule has 3 aromatic heterocycles. The Bertz CT molecular complexity index is 5800. The van der Waals surface area contributed by atoms with Gasteiger partial charge in [-0.1, -0.05) is 114 Å². The van der Waals surface area contributed by atoms with E-state index in [2.05, 4.69) is 27.7 Å². The highest BCUT2D eigenvalue weighted by molar-refractivity contribution is 7.99. The van der Waals surface area contributed by atoms with Crippen LogP contribution in [0.4, 0.5) is 26.3 Å². The second kappa shape index (κ2) is 27.0. The molecule has 6 atom stereocenters. The third-order valence-corrected chi connectivity index (χ3v) is 24.7. The number of nitrogens with zero attached hydrogens (tertiary/aromatic N) is 9. The van der Waals surface area contributed by atoms with Crippen LogP contribution in [0.25, 0.3) is 0 Å². The van der Waals surface area contributed by atoms with Gasteiger partial charge in [-0.25, -0.2) is 26.3 Å². The normalized spacial score (nSPS) is 25.4. The summed E-state index contributed by atoms with van der Waals surface area (Å²) in [5, 5.41) is 37.2. The first-order valence-electron chi connectivity index (χ1n) is 38.1. The Labute approximate surface area is 638 Å². The molecule has 3 amide bonds. The lowest BCUT2D eigenvalue weighted by Gasteiger charge is -2.54. The van der Waals surface area contributed by atoms with Crippen molar-refractivity contribution in [3.8, 4) is 17.2 Å². The number of benzene rings is 6. The van der Waals surface area contributed by atoms with Gasteiger partial charge in [0.15, 0.2) is 69.2 Å². The van der Waals surface area contributed by atoms with Crippen molar-refractivity contribution in [1.29, 1.82) is 0 Å². The Kier molecular flexibility index (Phi) is 16.3. The minimum absolute atomic E-state index is 0.0709. The SMILES string of the molecule is [2H]C1([2H])Sc2ccccc2[C@@H](N2[C@@H]3CC(C)(C)CCN3C(=O)c3c(O)c(=O)ccn32)c2ccc(F)c(F)c21.[2H]C1([2H])Sc2ccccc2[C@]([2H])(N2[C@@H]3CC(C)(C)CCN3C(=O)c3c(O)c(=O)ccn32)c2ccc(F)c(F)c21.[2H][C@]1(N2[C@@H]3CC(C)(C)CCN3C(=O)c3c(O)c(=O)ccn32)c2ccccc2SCc2c1ccc(F)c2F. The van der Waals surface area contributed by atoms with Crippen molar-refractivity contribution in [2.24, 2.45) is 16.2 Å². The molecule has 0 aliphatic carbocycles. The summed E-state index contributed by atoms with van der Waals surface area (Å²) in [5.41, 5.74) is -7.59. The highest BCUT2D eigenvalue weighted by atomic mass is 32.2.